The van der Waals surface area contributed by atoms with Crippen LogP contribution in [0.1, 0.15) is 19.8 Å². The van der Waals surface area contributed by atoms with Gasteiger partial charge < -0.3 is 16.0 Å². The molecule has 0 aromatic heterocycles. The first kappa shape index (κ1) is 12.0. The largest absolute Gasteiger partial charge is 0.354 e. The zero-order valence-electron chi connectivity index (χ0n) is 9.14. The van der Waals surface area contributed by atoms with Crippen molar-refractivity contribution in [3.63, 3.8) is 0 Å². The van der Waals surface area contributed by atoms with E-state index >= 15 is 0 Å². The van der Waals surface area contributed by atoms with Crippen LogP contribution in [0.25, 0.3) is 0 Å². The highest BCUT2D eigenvalue weighted by atomic mass is 16.2. The lowest BCUT2D eigenvalue weighted by atomic mass is 10.00. The molecule has 1 saturated heterocycles. The summed E-state index contributed by atoms with van der Waals surface area (Å²) in [6.07, 6.45) is 2.33. The van der Waals surface area contributed by atoms with Gasteiger partial charge in [-0.05, 0) is 31.8 Å². The topological polar surface area (TPSA) is 70.2 Å². The van der Waals surface area contributed by atoms with Crippen LogP contribution in [0.5, 0.6) is 0 Å². The van der Waals surface area contributed by atoms with E-state index in [1.807, 2.05) is 0 Å². The van der Waals surface area contributed by atoms with Gasteiger partial charge in [-0.3, -0.25) is 9.59 Å². The van der Waals surface area contributed by atoms with E-state index in [1.165, 1.54) is 13.3 Å². The van der Waals surface area contributed by atoms with Crippen LogP contribution < -0.4 is 16.0 Å². The third-order valence-corrected chi connectivity index (χ3v) is 2.48. The molecule has 1 aliphatic heterocycles. The minimum atomic E-state index is -0.176. The third kappa shape index (κ3) is 5.37. The predicted octanol–water partition coefficient (Wildman–Crippen LogP) is -0.762. The first-order chi connectivity index (χ1) is 7.18. The predicted molar refractivity (Wildman–Crippen MR) is 57.3 cm³/mol. The monoisotopic (exact) mass is 213 g/mol. The second-order valence-electron chi connectivity index (χ2n) is 3.93. The summed E-state index contributed by atoms with van der Waals surface area (Å²) in [5, 5.41) is 8.57. The fourth-order valence-electron chi connectivity index (χ4n) is 1.62. The van der Waals surface area contributed by atoms with Gasteiger partial charge in [-0.15, -0.1) is 0 Å². The van der Waals surface area contributed by atoms with E-state index in [-0.39, 0.29) is 18.4 Å². The summed E-state index contributed by atoms with van der Waals surface area (Å²) >= 11 is 0. The Balaban J connectivity index is 2.07. The number of carbonyl (C=O) groups excluding carboxylic acids is 2. The van der Waals surface area contributed by atoms with Gasteiger partial charge in [-0.25, -0.2) is 0 Å². The fourth-order valence-corrected chi connectivity index (χ4v) is 1.62. The molecule has 1 fully saturated rings. The summed E-state index contributed by atoms with van der Waals surface area (Å²) in [4.78, 5) is 21.8. The molecule has 86 valence electrons. The van der Waals surface area contributed by atoms with E-state index in [4.69, 9.17) is 0 Å². The van der Waals surface area contributed by atoms with Gasteiger partial charge in [0.05, 0.1) is 6.54 Å². The quantitative estimate of drug-likeness (QED) is 0.575. The van der Waals surface area contributed by atoms with Gasteiger partial charge in [0.2, 0.25) is 11.8 Å². The van der Waals surface area contributed by atoms with Gasteiger partial charge in [0.25, 0.3) is 0 Å². The van der Waals surface area contributed by atoms with Crippen LogP contribution in [-0.4, -0.2) is 38.0 Å². The van der Waals surface area contributed by atoms with Gasteiger partial charge in [-0.2, -0.15) is 0 Å². The van der Waals surface area contributed by atoms with Crippen molar-refractivity contribution < 1.29 is 9.59 Å². The van der Waals surface area contributed by atoms with Crippen molar-refractivity contribution in [2.24, 2.45) is 5.92 Å². The molecular weight excluding hydrogens is 194 g/mol. The molecule has 0 aromatic carbocycles. The highest BCUT2D eigenvalue weighted by molar-refractivity contribution is 5.83. The zero-order chi connectivity index (χ0) is 11.1. The average molecular weight is 213 g/mol. The summed E-state index contributed by atoms with van der Waals surface area (Å²) in [6, 6.07) is 0. The number of piperidine rings is 1. The van der Waals surface area contributed by atoms with Gasteiger partial charge in [0.15, 0.2) is 0 Å². The lowest BCUT2D eigenvalue weighted by molar-refractivity contribution is -0.125. The van der Waals surface area contributed by atoms with E-state index in [0.717, 1.165) is 19.5 Å². The van der Waals surface area contributed by atoms with Crippen molar-refractivity contribution in [2.45, 2.75) is 19.8 Å². The van der Waals surface area contributed by atoms with Gasteiger partial charge >= 0.3 is 0 Å². The summed E-state index contributed by atoms with van der Waals surface area (Å²) in [7, 11) is 0. The number of amides is 2. The average Bonchev–Trinajstić information content (AvgIpc) is 2.25. The molecule has 0 spiro atoms. The number of rotatable bonds is 4. The van der Waals surface area contributed by atoms with Crippen LogP contribution in [-0.2, 0) is 9.59 Å². The highest BCUT2D eigenvalue weighted by Gasteiger charge is 2.13. The Morgan fingerprint density at radius 3 is 2.80 bits per heavy atom. The third-order valence-electron chi connectivity index (χ3n) is 2.48. The Bertz CT molecular complexity index is 225. The van der Waals surface area contributed by atoms with Crippen LogP contribution >= 0.6 is 0 Å². The van der Waals surface area contributed by atoms with Crippen molar-refractivity contribution >= 4 is 11.8 Å². The van der Waals surface area contributed by atoms with E-state index in [2.05, 4.69) is 16.0 Å². The Labute approximate surface area is 90.0 Å². The van der Waals surface area contributed by atoms with E-state index in [1.54, 1.807) is 0 Å². The first-order valence-electron chi connectivity index (χ1n) is 5.40. The Morgan fingerprint density at radius 1 is 1.40 bits per heavy atom. The number of hydrogen-bond donors (Lipinski definition) is 3. The van der Waals surface area contributed by atoms with E-state index in [0.29, 0.717) is 12.5 Å². The minimum absolute atomic E-state index is 0.0789. The SMILES string of the molecule is CC(=O)NCC(=O)NCC1CCCNC1. The zero-order valence-corrected chi connectivity index (χ0v) is 9.14. The second-order valence-corrected chi connectivity index (χ2v) is 3.93. The molecule has 5 nitrogen and oxygen atoms in total. The molecule has 0 aliphatic carbocycles. The highest BCUT2D eigenvalue weighted by Crippen LogP contribution is 2.07. The molecule has 15 heavy (non-hydrogen) atoms. The van der Waals surface area contributed by atoms with Crippen LogP contribution in [0.4, 0.5) is 0 Å². The minimum Gasteiger partial charge on any atom is -0.354 e. The smallest absolute Gasteiger partial charge is 0.239 e. The molecule has 1 atom stereocenters. The first-order valence-corrected chi connectivity index (χ1v) is 5.40. The van der Waals surface area contributed by atoms with Crippen LogP contribution in [0.15, 0.2) is 0 Å². The van der Waals surface area contributed by atoms with Gasteiger partial charge in [0, 0.05) is 13.5 Å². The normalized spacial score (nSPS) is 20.7. The molecule has 1 heterocycles. The molecular formula is C10H19N3O2. The summed E-state index contributed by atoms with van der Waals surface area (Å²) in [5.41, 5.74) is 0. The van der Waals surface area contributed by atoms with Crippen molar-refractivity contribution in [1.82, 2.24) is 16.0 Å². The number of carbonyl (C=O) groups is 2. The molecule has 0 radical (unpaired) electrons. The number of hydrogen-bond acceptors (Lipinski definition) is 3. The Hall–Kier alpha value is -1.10. The van der Waals surface area contributed by atoms with Crippen LogP contribution in [0.2, 0.25) is 0 Å². The Kier molecular flexibility index (Phi) is 5.10. The van der Waals surface area contributed by atoms with Crippen molar-refractivity contribution in [2.75, 3.05) is 26.2 Å². The molecule has 1 aliphatic rings. The number of nitrogens with one attached hydrogen (secondary N) is 3. The molecule has 0 aromatic rings. The maximum absolute atomic E-state index is 11.2. The lowest BCUT2D eigenvalue weighted by Crippen LogP contribution is -2.41. The molecule has 3 N–H and O–H groups in total. The Morgan fingerprint density at radius 2 is 2.20 bits per heavy atom. The van der Waals surface area contributed by atoms with Gasteiger partial charge in [-0.1, -0.05) is 0 Å². The molecule has 2 amide bonds. The molecule has 0 bridgehead atoms. The van der Waals surface area contributed by atoms with Crippen molar-refractivity contribution in [1.29, 1.82) is 0 Å². The summed E-state index contributed by atoms with van der Waals surface area (Å²) in [5.74, 6) is 0.236. The maximum Gasteiger partial charge on any atom is 0.239 e. The molecule has 1 rings (SSSR count). The van der Waals surface area contributed by atoms with Crippen LogP contribution in [0.3, 0.4) is 0 Å². The second kappa shape index (κ2) is 6.40. The summed E-state index contributed by atoms with van der Waals surface area (Å²) in [6.45, 7) is 4.23. The molecule has 0 saturated carbocycles. The summed E-state index contributed by atoms with van der Waals surface area (Å²) < 4.78 is 0. The van der Waals surface area contributed by atoms with Crippen molar-refractivity contribution in [3.05, 3.63) is 0 Å². The van der Waals surface area contributed by atoms with E-state index < -0.39 is 0 Å². The van der Waals surface area contributed by atoms with Crippen LogP contribution in [0, 0.1) is 5.92 Å². The maximum atomic E-state index is 11.2. The van der Waals surface area contributed by atoms with E-state index in [9.17, 15) is 9.59 Å². The van der Waals surface area contributed by atoms with Crippen molar-refractivity contribution in [3.8, 4) is 0 Å². The standard InChI is InChI=1S/C10H19N3O2/c1-8(14)12-7-10(15)13-6-9-3-2-4-11-5-9/h9,11H,2-7H2,1H3,(H,12,14)(H,13,15). The fraction of sp³-hybridized carbons (Fsp3) is 0.800. The lowest BCUT2D eigenvalue weighted by Gasteiger charge is -2.22. The van der Waals surface area contributed by atoms with Gasteiger partial charge in [0.1, 0.15) is 0 Å². The molecule has 5 heteroatoms. The molecule has 1 unspecified atom stereocenters.